The number of thiophene rings is 1. The summed E-state index contributed by atoms with van der Waals surface area (Å²) < 4.78 is 10.9. The maximum Gasteiger partial charge on any atom is 0.435 e. The Hall–Kier alpha value is -4.71. The van der Waals surface area contributed by atoms with Crippen molar-refractivity contribution in [1.82, 2.24) is 15.5 Å². The molecule has 4 N–H and O–H groups in total. The molecule has 2 aliphatic rings. The van der Waals surface area contributed by atoms with Gasteiger partial charge in [-0.1, -0.05) is 51.3 Å². The van der Waals surface area contributed by atoms with Gasteiger partial charge in [0.15, 0.2) is 0 Å². The standard InChI is InChI=1S/C35H41N5O6S/c1-3-4-5-9-16-45-34(44)39-31(36)24-17-27(47-22-24)20-37-33(43)28-18-35(2)19-29(35)40(28)30(41)21-38-32(42)23-12-14-26(15-13-23)46-25-10-7-6-8-11-25/h6-8,10-15,17,22,28-29H,3-5,9,16,18-21H2,1-2H3,(H,37,43)(H,38,42)(H2,36,39,44)/t28-,29-,35+/m0/s1. The highest BCUT2D eigenvalue weighted by Crippen LogP contribution is 2.59. The molecule has 3 aromatic rings. The number of para-hydroxylation sites is 1. The van der Waals surface area contributed by atoms with E-state index in [-0.39, 0.29) is 48.1 Å². The van der Waals surface area contributed by atoms with E-state index in [1.807, 2.05) is 30.3 Å². The molecule has 1 aliphatic carbocycles. The number of nitrogens with two attached hydrogens (primary N) is 1. The van der Waals surface area contributed by atoms with Crippen LogP contribution >= 0.6 is 11.3 Å². The maximum absolute atomic E-state index is 13.3. The zero-order valence-electron chi connectivity index (χ0n) is 26.7. The minimum absolute atomic E-state index is 0.0344. The van der Waals surface area contributed by atoms with Gasteiger partial charge in [-0.2, -0.15) is 4.99 Å². The van der Waals surface area contributed by atoms with Crippen LogP contribution in [0, 0.1) is 5.41 Å². The van der Waals surface area contributed by atoms with Crippen molar-refractivity contribution < 1.29 is 28.7 Å². The third kappa shape index (κ3) is 8.76. The summed E-state index contributed by atoms with van der Waals surface area (Å²) in [5, 5.41) is 7.41. The van der Waals surface area contributed by atoms with E-state index >= 15 is 0 Å². The molecule has 1 saturated heterocycles. The van der Waals surface area contributed by atoms with Gasteiger partial charge in [-0.3, -0.25) is 14.4 Å². The number of carbonyl (C=O) groups is 4. The van der Waals surface area contributed by atoms with E-state index in [2.05, 4.69) is 29.5 Å². The molecule has 12 heteroatoms. The molecule has 1 aromatic heterocycles. The molecule has 2 aromatic carbocycles. The molecule has 0 unspecified atom stereocenters. The third-order valence-electron chi connectivity index (χ3n) is 8.54. The molecule has 5 rings (SSSR count). The maximum atomic E-state index is 13.3. The topological polar surface area (TPSA) is 152 Å². The summed E-state index contributed by atoms with van der Waals surface area (Å²) in [5.41, 5.74) is 6.87. The Morgan fingerprint density at radius 1 is 0.979 bits per heavy atom. The first-order valence-electron chi connectivity index (χ1n) is 16.0. The second kappa shape index (κ2) is 15.3. The molecule has 1 saturated carbocycles. The normalized spacial score (nSPS) is 19.9. The number of amides is 4. The fraction of sp³-hybridized carbons (Fsp3) is 0.400. The molecule has 0 bridgehead atoms. The van der Waals surface area contributed by atoms with Crippen molar-refractivity contribution in [2.24, 2.45) is 16.1 Å². The first-order valence-corrected chi connectivity index (χ1v) is 16.8. The van der Waals surface area contributed by atoms with E-state index in [0.29, 0.717) is 35.7 Å². The smallest absolute Gasteiger partial charge is 0.435 e. The van der Waals surface area contributed by atoms with Crippen molar-refractivity contribution >= 4 is 41.0 Å². The average molecular weight is 660 g/mol. The summed E-state index contributed by atoms with van der Waals surface area (Å²) in [6.45, 7) is 4.51. The van der Waals surface area contributed by atoms with Gasteiger partial charge < -0.3 is 30.7 Å². The van der Waals surface area contributed by atoms with Crippen LogP contribution in [0.25, 0.3) is 0 Å². The van der Waals surface area contributed by atoms with E-state index in [4.69, 9.17) is 15.2 Å². The number of rotatable bonds is 14. The molecule has 0 spiro atoms. The van der Waals surface area contributed by atoms with Crippen LogP contribution in [0.2, 0.25) is 0 Å². The van der Waals surface area contributed by atoms with Crippen molar-refractivity contribution in [3.63, 3.8) is 0 Å². The van der Waals surface area contributed by atoms with Crippen LogP contribution in [0.5, 0.6) is 11.5 Å². The number of amidine groups is 1. The predicted molar refractivity (Wildman–Crippen MR) is 179 cm³/mol. The predicted octanol–water partition coefficient (Wildman–Crippen LogP) is 5.39. The molecule has 2 fully saturated rings. The lowest BCUT2D eigenvalue weighted by Crippen LogP contribution is -2.50. The average Bonchev–Trinajstić information content (AvgIpc) is 3.36. The van der Waals surface area contributed by atoms with E-state index in [9.17, 15) is 19.2 Å². The van der Waals surface area contributed by atoms with E-state index in [1.54, 1.807) is 40.6 Å². The van der Waals surface area contributed by atoms with E-state index < -0.39 is 12.1 Å². The molecular formula is C35H41N5O6S. The molecule has 3 atom stereocenters. The first kappa shape index (κ1) is 33.6. The number of fused-ring (bicyclic) bond motifs is 1. The second-order valence-corrected chi connectivity index (χ2v) is 13.2. The van der Waals surface area contributed by atoms with Crippen LogP contribution in [0.3, 0.4) is 0 Å². The van der Waals surface area contributed by atoms with Crippen molar-refractivity contribution in [2.75, 3.05) is 13.2 Å². The lowest BCUT2D eigenvalue weighted by atomic mass is 10.0. The van der Waals surface area contributed by atoms with Gasteiger partial charge in [0, 0.05) is 27.4 Å². The fourth-order valence-electron chi connectivity index (χ4n) is 5.79. The minimum Gasteiger partial charge on any atom is -0.457 e. The number of nitrogens with zero attached hydrogens (tertiary/aromatic N) is 2. The number of benzene rings is 2. The Balaban J connectivity index is 1.10. The molecule has 248 valence electrons. The number of ether oxygens (including phenoxy) is 2. The molecule has 1 aliphatic heterocycles. The molecule has 4 amide bonds. The Kier molecular flexibility index (Phi) is 10.9. The summed E-state index contributed by atoms with van der Waals surface area (Å²) in [4.78, 5) is 57.7. The van der Waals surface area contributed by atoms with Gasteiger partial charge in [0.05, 0.1) is 19.7 Å². The Bertz CT molecular complexity index is 1610. The molecular weight excluding hydrogens is 618 g/mol. The number of piperidine rings is 1. The summed E-state index contributed by atoms with van der Waals surface area (Å²) in [7, 11) is 0. The second-order valence-electron chi connectivity index (χ2n) is 12.2. The van der Waals surface area contributed by atoms with Crippen LogP contribution in [0.4, 0.5) is 4.79 Å². The highest BCUT2D eigenvalue weighted by molar-refractivity contribution is 7.10. The highest BCUT2D eigenvalue weighted by atomic mass is 32.1. The highest BCUT2D eigenvalue weighted by Gasteiger charge is 2.64. The van der Waals surface area contributed by atoms with Gasteiger partial charge in [0.1, 0.15) is 23.4 Å². The SMILES string of the molecule is CCCCCCOC(=O)/N=C(\N)c1csc(CNC(=O)[C@@H]2C[C@]3(C)C[C@@H]3N2C(=O)CNC(=O)c2ccc(Oc3ccccc3)cc2)c1. The van der Waals surface area contributed by atoms with Gasteiger partial charge >= 0.3 is 6.09 Å². The van der Waals surface area contributed by atoms with E-state index in [1.165, 1.54) is 11.3 Å². The largest absolute Gasteiger partial charge is 0.457 e. The van der Waals surface area contributed by atoms with Gasteiger partial charge in [-0.15, -0.1) is 11.3 Å². The van der Waals surface area contributed by atoms with Crippen LogP contribution in [-0.4, -0.2) is 59.8 Å². The zero-order chi connectivity index (χ0) is 33.4. The Morgan fingerprint density at radius 2 is 1.72 bits per heavy atom. The zero-order valence-corrected chi connectivity index (χ0v) is 27.5. The minimum atomic E-state index is -0.722. The quantitative estimate of drug-likeness (QED) is 0.119. The first-order chi connectivity index (χ1) is 22.7. The number of aliphatic imine (C=N–C) groups is 1. The number of nitrogens with one attached hydrogen (secondary N) is 2. The lowest BCUT2D eigenvalue weighted by Gasteiger charge is -2.27. The van der Waals surface area contributed by atoms with Crippen molar-refractivity contribution in [1.29, 1.82) is 0 Å². The van der Waals surface area contributed by atoms with Gasteiger partial charge in [-0.25, -0.2) is 4.79 Å². The molecule has 2 heterocycles. The van der Waals surface area contributed by atoms with Crippen molar-refractivity contribution in [3.05, 3.63) is 82.0 Å². The third-order valence-corrected chi connectivity index (χ3v) is 9.48. The van der Waals surface area contributed by atoms with Crippen LogP contribution in [-0.2, 0) is 20.9 Å². The monoisotopic (exact) mass is 659 g/mol. The number of unbranched alkanes of at least 4 members (excludes halogenated alkanes) is 3. The summed E-state index contributed by atoms with van der Waals surface area (Å²) >= 11 is 1.38. The summed E-state index contributed by atoms with van der Waals surface area (Å²) in [6, 6.07) is 17.1. The van der Waals surface area contributed by atoms with Crippen LogP contribution in [0.1, 0.15) is 73.2 Å². The van der Waals surface area contributed by atoms with Crippen molar-refractivity contribution in [2.45, 2.75) is 71.0 Å². The number of hydrogen-bond acceptors (Lipinski definition) is 7. The van der Waals surface area contributed by atoms with Crippen molar-refractivity contribution in [3.8, 4) is 11.5 Å². The number of carbonyl (C=O) groups excluding carboxylic acids is 4. The van der Waals surface area contributed by atoms with Crippen LogP contribution in [0.15, 0.2) is 71.0 Å². The van der Waals surface area contributed by atoms with Crippen LogP contribution < -0.4 is 21.1 Å². The fourth-order valence-corrected chi connectivity index (χ4v) is 6.61. The summed E-state index contributed by atoms with van der Waals surface area (Å²) in [5.74, 6) is 0.389. The molecule has 47 heavy (non-hydrogen) atoms. The number of hydrogen-bond donors (Lipinski definition) is 3. The van der Waals surface area contributed by atoms with Gasteiger partial charge in [0.2, 0.25) is 11.8 Å². The van der Waals surface area contributed by atoms with Gasteiger partial charge in [0.25, 0.3) is 5.91 Å². The Labute approximate surface area is 278 Å². The lowest BCUT2D eigenvalue weighted by molar-refractivity contribution is -0.139. The molecule has 11 nitrogen and oxygen atoms in total. The van der Waals surface area contributed by atoms with Gasteiger partial charge in [-0.05, 0) is 67.1 Å². The Morgan fingerprint density at radius 3 is 2.47 bits per heavy atom. The van der Waals surface area contributed by atoms with E-state index in [0.717, 1.165) is 37.0 Å². The molecule has 0 radical (unpaired) electrons. The summed E-state index contributed by atoms with van der Waals surface area (Å²) in [6.07, 6.45) is 4.63. The number of likely N-dealkylation sites (tertiary alicyclic amines) is 1.